The molecule has 4 N–H and O–H groups in total. The Morgan fingerprint density at radius 3 is 1.53 bits per heavy atom. The van der Waals surface area contributed by atoms with E-state index in [1.165, 1.54) is 103 Å². The van der Waals surface area contributed by atoms with Crippen LogP contribution in [0.2, 0.25) is 0 Å². The molecule has 4 aromatic carbocycles. The summed E-state index contributed by atoms with van der Waals surface area (Å²) in [6.45, 7) is 2.98. The normalized spacial score (nSPS) is 22.6. The first-order valence-corrected chi connectivity index (χ1v) is 19.3. The van der Waals surface area contributed by atoms with Crippen LogP contribution in [0.3, 0.4) is 0 Å². The summed E-state index contributed by atoms with van der Waals surface area (Å²) in [6.07, 6.45) is 21.1. The summed E-state index contributed by atoms with van der Waals surface area (Å²) in [7, 11) is 0. The van der Waals surface area contributed by atoms with Crippen LogP contribution in [0.5, 0.6) is 0 Å². The quantitative estimate of drug-likeness (QED) is 0.0963. The van der Waals surface area contributed by atoms with Crippen LogP contribution in [-0.4, -0.2) is 6.61 Å². The first-order valence-electron chi connectivity index (χ1n) is 19.3. The van der Waals surface area contributed by atoms with Crippen LogP contribution in [0, 0.1) is 11.8 Å². The zero-order valence-electron chi connectivity index (χ0n) is 29.6. The molecule has 0 bridgehead atoms. The Morgan fingerprint density at radius 2 is 1.06 bits per heavy atom. The zero-order chi connectivity index (χ0) is 33.6. The number of nitrogen functional groups attached to an aromatic ring is 2. The largest absolute Gasteiger partial charge is 0.399 e. The van der Waals surface area contributed by atoms with E-state index in [1.807, 2.05) is 12.1 Å². The van der Waals surface area contributed by atoms with E-state index in [1.54, 1.807) is 5.56 Å². The molecule has 3 aliphatic carbocycles. The van der Waals surface area contributed by atoms with Crippen LogP contribution in [-0.2, 0) is 24.0 Å². The number of ether oxygens (including phenoxy) is 1. The molecule has 2 fully saturated rings. The fourth-order valence-electron chi connectivity index (χ4n) is 8.90. The van der Waals surface area contributed by atoms with E-state index in [-0.39, 0.29) is 6.10 Å². The molecule has 3 heteroatoms. The van der Waals surface area contributed by atoms with Crippen molar-refractivity contribution in [3.63, 3.8) is 0 Å². The maximum Gasteiger partial charge on any atom is 0.108 e. The summed E-state index contributed by atoms with van der Waals surface area (Å²) in [6, 6.07) is 31.5. The number of hydrogen-bond acceptors (Lipinski definition) is 3. The minimum atomic E-state index is -0.0685. The van der Waals surface area contributed by atoms with E-state index in [2.05, 4.69) is 91.9 Å². The number of hydrogen-bond donors (Lipinski definition) is 2. The Bertz CT molecular complexity index is 1640. The molecule has 3 nitrogen and oxygen atoms in total. The van der Waals surface area contributed by atoms with Gasteiger partial charge in [0.1, 0.15) is 6.10 Å². The van der Waals surface area contributed by atoms with Gasteiger partial charge in [0.05, 0.1) is 0 Å². The Morgan fingerprint density at radius 1 is 0.592 bits per heavy atom. The molecule has 2 saturated carbocycles. The molecule has 0 amide bonds. The van der Waals surface area contributed by atoms with Gasteiger partial charge in [0.15, 0.2) is 0 Å². The fourth-order valence-corrected chi connectivity index (χ4v) is 8.90. The van der Waals surface area contributed by atoms with Crippen molar-refractivity contribution in [2.24, 2.45) is 11.8 Å². The van der Waals surface area contributed by atoms with Crippen molar-refractivity contribution in [2.75, 3.05) is 18.1 Å². The third-order valence-corrected chi connectivity index (χ3v) is 11.8. The summed E-state index contributed by atoms with van der Waals surface area (Å²) < 4.78 is 6.57. The average Bonchev–Trinajstić information content (AvgIpc) is 3.13. The van der Waals surface area contributed by atoms with Gasteiger partial charge in [-0.15, -0.1) is 0 Å². The maximum absolute atomic E-state index is 6.57. The van der Waals surface area contributed by atoms with Gasteiger partial charge in [0.25, 0.3) is 0 Å². The number of aryl methyl sites for hydroxylation is 2. The van der Waals surface area contributed by atoms with Crippen LogP contribution in [0.1, 0.15) is 134 Å². The van der Waals surface area contributed by atoms with E-state index in [0.29, 0.717) is 12.5 Å². The molecule has 0 radical (unpaired) electrons. The predicted molar refractivity (Wildman–Crippen MR) is 206 cm³/mol. The smallest absolute Gasteiger partial charge is 0.108 e. The number of rotatable bonds is 11. The van der Waals surface area contributed by atoms with Gasteiger partial charge in [-0.1, -0.05) is 86.2 Å². The summed E-state index contributed by atoms with van der Waals surface area (Å²) in [5.74, 6) is 3.00. The molecule has 0 atom stereocenters. The fraction of sp³-hybridized carbons (Fsp3) is 0.435. The topological polar surface area (TPSA) is 61.3 Å². The van der Waals surface area contributed by atoms with Crippen molar-refractivity contribution in [2.45, 2.75) is 108 Å². The minimum absolute atomic E-state index is 0.0685. The summed E-state index contributed by atoms with van der Waals surface area (Å²) in [4.78, 5) is 0. The van der Waals surface area contributed by atoms with Crippen molar-refractivity contribution in [1.29, 1.82) is 0 Å². The Labute approximate surface area is 295 Å². The number of allylic oxidation sites excluding steroid dienone is 2. The molecule has 256 valence electrons. The predicted octanol–water partition coefficient (Wildman–Crippen LogP) is 11.3. The molecule has 49 heavy (non-hydrogen) atoms. The van der Waals surface area contributed by atoms with Crippen molar-refractivity contribution < 1.29 is 4.74 Å². The number of fused-ring (bicyclic) bond motifs is 2. The highest BCUT2D eigenvalue weighted by atomic mass is 16.5. The standard InChI is InChI=1S/C46H56N2O/c1-2-4-32-8-16-36(17-9-32)38-20-12-34(13-21-38)6-7-35-14-22-39(23-15-35)37-18-10-33(11-19-37)5-3-28-49-46-44-26-24-42(47)30-40(44)29-41-31-43(48)25-27-45(41)46/h6-11,16-19,24-27,30-31,34-35,38-39,46H,2-5,12-15,20-23,28-29,47-48H2,1H3. The molecule has 7 rings (SSSR count). The van der Waals surface area contributed by atoms with E-state index < -0.39 is 0 Å². The van der Waals surface area contributed by atoms with Gasteiger partial charge in [-0.3, -0.25) is 0 Å². The SMILES string of the molecule is CCCc1ccc(C2CCC(C=CC3CCC(c4ccc(CCCOC5c6ccc(N)cc6Cc6cc(N)ccc65)cc4)CC3)CC2)cc1. The van der Waals surface area contributed by atoms with Crippen LogP contribution >= 0.6 is 0 Å². The monoisotopic (exact) mass is 652 g/mol. The number of nitrogens with two attached hydrogens (primary N) is 2. The lowest BCUT2D eigenvalue weighted by molar-refractivity contribution is 0.0759. The Hall–Kier alpha value is -3.82. The van der Waals surface area contributed by atoms with Gasteiger partial charge in [0.2, 0.25) is 0 Å². The Balaban J connectivity index is 0.837. The average molecular weight is 653 g/mol. The lowest BCUT2D eigenvalue weighted by Crippen LogP contribution is -2.18. The molecule has 0 saturated heterocycles. The van der Waals surface area contributed by atoms with E-state index in [9.17, 15) is 0 Å². The van der Waals surface area contributed by atoms with Crippen molar-refractivity contribution in [3.8, 4) is 0 Å². The molecule has 0 heterocycles. The van der Waals surface area contributed by atoms with Gasteiger partial charge in [-0.2, -0.15) is 0 Å². The zero-order valence-corrected chi connectivity index (χ0v) is 29.6. The summed E-state index contributed by atoms with van der Waals surface area (Å²) in [5.41, 5.74) is 24.8. The van der Waals surface area contributed by atoms with Crippen molar-refractivity contribution in [1.82, 2.24) is 0 Å². The molecule has 0 spiro atoms. The summed E-state index contributed by atoms with van der Waals surface area (Å²) in [5, 5.41) is 0. The van der Waals surface area contributed by atoms with Gasteiger partial charge in [0, 0.05) is 18.0 Å². The molecule has 0 aliphatic heterocycles. The van der Waals surface area contributed by atoms with Gasteiger partial charge < -0.3 is 16.2 Å². The van der Waals surface area contributed by atoms with Crippen LogP contribution in [0.4, 0.5) is 11.4 Å². The highest BCUT2D eigenvalue weighted by Crippen LogP contribution is 2.41. The first kappa shape index (κ1) is 33.7. The van der Waals surface area contributed by atoms with Gasteiger partial charge in [-0.25, -0.2) is 0 Å². The van der Waals surface area contributed by atoms with Crippen LogP contribution < -0.4 is 11.5 Å². The summed E-state index contributed by atoms with van der Waals surface area (Å²) >= 11 is 0. The second kappa shape index (κ2) is 15.8. The van der Waals surface area contributed by atoms with Crippen molar-refractivity contribution >= 4 is 11.4 Å². The number of anilines is 2. The van der Waals surface area contributed by atoms with E-state index >= 15 is 0 Å². The molecular weight excluding hydrogens is 597 g/mol. The van der Waals surface area contributed by atoms with Gasteiger partial charge in [-0.05, 0) is 169 Å². The van der Waals surface area contributed by atoms with E-state index in [0.717, 1.165) is 48.4 Å². The van der Waals surface area contributed by atoms with Crippen LogP contribution in [0.15, 0.2) is 97.1 Å². The molecule has 0 unspecified atom stereocenters. The van der Waals surface area contributed by atoms with Crippen molar-refractivity contribution in [3.05, 3.63) is 142 Å². The third kappa shape index (κ3) is 8.32. The molecule has 4 aromatic rings. The second-order valence-corrected chi connectivity index (χ2v) is 15.3. The molecular formula is C46H56N2O. The minimum Gasteiger partial charge on any atom is -0.399 e. The van der Waals surface area contributed by atoms with Crippen LogP contribution in [0.25, 0.3) is 0 Å². The third-order valence-electron chi connectivity index (χ3n) is 11.8. The highest BCUT2D eigenvalue weighted by molar-refractivity contribution is 5.56. The number of benzene rings is 4. The lowest BCUT2D eigenvalue weighted by Gasteiger charge is -2.29. The molecule has 0 aromatic heterocycles. The van der Waals surface area contributed by atoms with E-state index in [4.69, 9.17) is 16.2 Å². The second-order valence-electron chi connectivity index (χ2n) is 15.3. The van der Waals surface area contributed by atoms with Gasteiger partial charge >= 0.3 is 0 Å². The Kier molecular flexibility index (Phi) is 10.9. The molecule has 3 aliphatic rings. The first-order chi connectivity index (χ1) is 24.0. The maximum atomic E-state index is 6.57. The lowest BCUT2D eigenvalue weighted by atomic mass is 9.76. The highest BCUT2D eigenvalue weighted by Gasteiger charge is 2.27.